The first kappa shape index (κ1) is 18.2. The van der Waals surface area contributed by atoms with Crippen LogP contribution in [0, 0.1) is 0 Å². The summed E-state index contributed by atoms with van der Waals surface area (Å²) in [6.07, 6.45) is 8.94. The molecule has 2 fully saturated rings. The van der Waals surface area contributed by atoms with Crippen LogP contribution in [-0.4, -0.2) is 34.5 Å². The number of rotatable bonds is 5. The third-order valence-electron chi connectivity index (χ3n) is 4.67. The highest BCUT2D eigenvalue weighted by Gasteiger charge is 2.29. The third kappa shape index (κ3) is 5.44. The lowest BCUT2D eigenvalue weighted by Crippen LogP contribution is -2.10. The Labute approximate surface area is 152 Å². The highest BCUT2D eigenvalue weighted by atomic mass is 16.4. The SMILES string of the molecule is O=C(O)/C=C/C(=O)O.c1cc(C2CC2)c(NC2=NCCC2)cc1C1CC1. The van der Waals surface area contributed by atoms with Crippen molar-refractivity contribution in [1.82, 2.24) is 0 Å². The fraction of sp³-hybridized carbons (Fsp3) is 0.450. The summed E-state index contributed by atoms with van der Waals surface area (Å²) in [6, 6.07) is 7.11. The van der Waals surface area contributed by atoms with Gasteiger partial charge in [0.15, 0.2) is 0 Å². The number of hydrogen-bond acceptors (Lipinski definition) is 4. The maximum atomic E-state index is 9.55. The van der Waals surface area contributed by atoms with E-state index in [1.54, 1.807) is 0 Å². The van der Waals surface area contributed by atoms with Crippen LogP contribution in [-0.2, 0) is 9.59 Å². The Balaban J connectivity index is 0.000000211. The first-order chi connectivity index (χ1) is 12.5. The van der Waals surface area contributed by atoms with Crippen molar-refractivity contribution in [1.29, 1.82) is 0 Å². The van der Waals surface area contributed by atoms with E-state index in [0.29, 0.717) is 12.2 Å². The Morgan fingerprint density at radius 2 is 1.69 bits per heavy atom. The van der Waals surface area contributed by atoms with Gasteiger partial charge >= 0.3 is 11.9 Å². The number of nitrogens with zero attached hydrogens (tertiary/aromatic N) is 1. The van der Waals surface area contributed by atoms with Crippen molar-refractivity contribution < 1.29 is 19.8 Å². The van der Waals surface area contributed by atoms with E-state index in [4.69, 9.17) is 10.2 Å². The second-order valence-corrected chi connectivity index (χ2v) is 6.96. The minimum Gasteiger partial charge on any atom is -0.478 e. The first-order valence-electron chi connectivity index (χ1n) is 9.11. The van der Waals surface area contributed by atoms with Crippen molar-refractivity contribution in [2.75, 3.05) is 11.9 Å². The molecule has 0 spiro atoms. The number of amidine groups is 1. The number of aliphatic imine (C=N–C) groups is 1. The molecular weight excluding hydrogens is 332 g/mol. The molecule has 0 atom stereocenters. The van der Waals surface area contributed by atoms with Crippen molar-refractivity contribution in [3.8, 4) is 0 Å². The Kier molecular flexibility index (Phi) is 5.71. The molecule has 26 heavy (non-hydrogen) atoms. The lowest BCUT2D eigenvalue weighted by Gasteiger charge is -2.13. The molecule has 3 N–H and O–H groups in total. The van der Waals surface area contributed by atoms with Gasteiger partial charge in [-0.1, -0.05) is 12.1 Å². The molecule has 1 heterocycles. The topological polar surface area (TPSA) is 99.0 Å². The van der Waals surface area contributed by atoms with E-state index in [9.17, 15) is 9.59 Å². The van der Waals surface area contributed by atoms with Crippen LogP contribution in [0.1, 0.15) is 61.5 Å². The molecule has 6 nitrogen and oxygen atoms in total. The molecule has 0 saturated heterocycles. The molecule has 0 amide bonds. The molecule has 1 aromatic carbocycles. The fourth-order valence-corrected chi connectivity index (χ4v) is 3.04. The molecule has 2 saturated carbocycles. The number of carbonyl (C=O) groups is 2. The van der Waals surface area contributed by atoms with Gasteiger partial charge in [0.25, 0.3) is 0 Å². The average Bonchev–Trinajstić information content (AvgIpc) is 3.53. The maximum Gasteiger partial charge on any atom is 0.328 e. The molecule has 0 unspecified atom stereocenters. The molecule has 6 heteroatoms. The minimum absolute atomic E-state index is 0.558. The predicted octanol–water partition coefficient (Wildman–Crippen LogP) is 3.76. The van der Waals surface area contributed by atoms with Crippen LogP contribution in [0.25, 0.3) is 0 Å². The van der Waals surface area contributed by atoms with Crippen LogP contribution < -0.4 is 5.32 Å². The molecule has 3 aliphatic rings. The molecule has 0 aromatic heterocycles. The van der Waals surface area contributed by atoms with Gasteiger partial charge < -0.3 is 15.5 Å². The van der Waals surface area contributed by atoms with Gasteiger partial charge in [0.2, 0.25) is 0 Å². The zero-order chi connectivity index (χ0) is 18.5. The van der Waals surface area contributed by atoms with Crippen LogP contribution in [0.4, 0.5) is 5.69 Å². The van der Waals surface area contributed by atoms with Gasteiger partial charge in [0.05, 0.1) is 0 Å². The largest absolute Gasteiger partial charge is 0.478 e. The minimum atomic E-state index is -1.26. The number of carboxylic acid groups (broad SMARTS) is 2. The second kappa shape index (κ2) is 8.17. The first-order valence-corrected chi connectivity index (χ1v) is 9.11. The van der Waals surface area contributed by atoms with Crippen molar-refractivity contribution in [3.05, 3.63) is 41.5 Å². The number of nitrogens with one attached hydrogen (secondary N) is 1. The summed E-state index contributed by atoms with van der Waals surface area (Å²) in [5.74, 6) is 0.330. The van der Waals surface area contributed by atoms with E-state index < -0.39 is 11.9 Å². The maximum absolute atomic E-state index is 9.55. The Morgan fingerprint density at radius 3 is 2.19 bits per heavy atom. The van der Waals surface area contributed by atoms with Crippen LogP contribution in [0.3, 0.4) is 0 Å². The number of anilines is 1. The Morgan fingerprint density at radius 1 is 1.04 bits per heavy atom. The molecule has 0 radical (unpaired) electrons. The third-order valence-corrected chi connectivity index (χ3v) is 4.67. The lowest BCUT2D eigenvalue weighted by molar-refractivity contribution is -0.134. The molecule has 1 aromatic rings. The highest BCUT2D eigenvalue weighted by molar-refractivity contribution is 5.97. The number of hydrogen-bond donors (Lipinski definition) is 3. The molecule has 4 rings (SSSR count). The lowest BCUT2D eigenvalue weighted by atomic mass is 10.0. The molecule has 0 bridgehead atoms. The normalized spacial score (nSPS) is 18.8. The summed E-state index contributed by atoms with van der Waals surface area (Å²) in [4.78, 5) is 23.7. The van der Waals surface area contributed by atoms with Gasteiger partial charge in [-0.25, -0.2) is 9.59 Å². The van der Waals surface area contributed by atoms with Gasteiger partial charge in [-0.3, -0.25) is 4.99 Å². The molecule has 2 aliphatic carbocycles. The summed E-state index contributed by atoms with van der Waals surface area (Å²) in [6.45, 7) is 1.00. The van der Waals surface area contributed by atoms with Gasteiger partial charge in [-0.15, -0.1) is 0 Å². The monoisotopic (exact) mass is 356 g/mol. The number of benzene rings is 1. The van der Waals surface area contributed by atoms with Gasteiger partial charge in [-0.05, 0) is 61.1 Å². The van der Waals surface area contributed by atoms with E-state index >= 15 is 0 Å². The number of carboxylic acids is 2. The van der Waals surface area contributed by atoms with Gasteiger partial charge in [0.1, 0.15) is 5.84 Å². The smallest absolute Gasteiger partial charge is 0.328 e. The Hall–Kier alpha value is -2.63. The summed E-state index contributed by atoms with van der Waals surface area (Å²) in [7, 11) is 0. The van der Waals surface area contributed by atoms with Crippen molar-refractivity contribution in [2.45, 2.75) is 50.4 Å². The predicted molar refractivity (Wildman–Crippen MR) is 100.0 cm³/mol. The zero-order valence-corrected chi connectivity index (χ0v) is 14.6. The van der Waals surface area contributed by atoms with E-state index in [2.05, 4.69) is 28.5 Å². The fourth-order valence-electron chi connectivity index (χ4n) is 3.04. The summed E-state index contributed by atoms with van der Waals surface area (Å²) < 4.78 is 0. The van der Waals surface area contributed by atoms with Crippen LogP contribution >= 0.6 is 0 Å². The second-order valence-electron chi connectivity index (χ2n) is 6.96. The number of aliphatic carboxylic acids is 2. The summed E-state index contributed by atoms with van der Waals surface area (Å²) in [5.41, 5.74) is 4.40. The van der Waals surface area contributed by atoms with Gasteiger partial charge in [0, 0.05) is 30.8 Å². The summed E-state index contributed by atoms with van der Waals surface area (Å²) >= 11 is 0. The van der Waals surface area contributed by atoms with Crippen LogP contribution in [0.15, 0.2) is 35.3 Å². The van der Waals surface area contributed by atoms with E-state index in [-0.39, 0.29) is 0 Å². The van der Waals surface area contributed by atoms with Crippen molar-refractivity contribution in [3.63, 3.8) is 0 Å². The van der Waals surface area contributed by atoms with Crippen molar-refractivity contribution >= 4 is 23.5 Å². The van der Waals surface area contributed by atoms with Gasteiger partial charge in [-0.2, -0.15) is 0 Å². The standard InChI is InChI=1S/C16H20N2.C4H4O4/c1-2-16(17-9-1)18-15-10-13(11-3-4-11)7-8-14(15)12-5-6-12;5-3(6)1-2-4(7)8/h7-8,10-12H,1-6,9H2,(H,17,18);1-2H,(H,5,6)(H,7,8)/b;2-1+. The summed E-state index contributed by atoms with van der Waals surface area (Å²) in [5, 5.41) is 19.2. The zero-order valence-electron chi connectivity index (χ0n) is 14.6. The van der Waals surface area contributed by atoms with Crippen LogP contribution in [0.5, 0.6) is 0 Å². The van der Waals surface area contributed by atoms with Crippen molar-refractivity contribution in [2.24, 2.45) is 4.99 Å². The molecular formula is C20H24N2O4. The molecule has 138 valence electrons. The van der Waals surface area contributed by atoms with E-state index in [0.717, 1.165) is 24.8 Å². The average molecular weight is 356 g/mol. The quantitative estimate of drug-likeness (QED) is 0.698. The van der Waals surface area contributed by atoms with Crippen LogP contribution in [0.2, 0.25) is 0 Å². The van der Waals surface area contributed by atoms with E-state index in [1.165, 1.54) is 54.8 Å². The Bertz CT molecular complexity index is 730. The highest BCUT2D eigenvalue weighted by Crippen LogP contribution is 2.46. The van der Waals surface area contributed by atoms with E-state index in [1.807, 2.05) is 0 Å². The molecule has 1 aliphatic heterocycles.